The van der Waals surface area contributed by atoms with Gasteiger partial charge in [-0.3, -0.25) is 0 Å². The largest absolute Gasteiger partial charge is 0.465 e. The molecule has 0 spiro atoms. The first kappa shape index (κ1) is 10.7. The Morgan fingerprint density at radius 2 is 2.15 bits per heavy atom. The zero-order chi connectivity index (χ0) is 9.52. The minimum atomic E-state index is 0.987. The van der Waals surface area contributed by atoms with E-state index in [-0.39, 0.29) is 0 Å². The van der Waals surface area contributed by atoms with Crippen LogP contribution in [0.2, 0.25) is 0 Å². The lowest BCUT2D eigenvalue weighted by molar-refractivity contribution is 0.485. The van der Waals surface area contributed by atoms with Crippen molar-refractivity contribution in [2.75, 3.05) is 19.3 Å². The Morgan fingerprint density at radius 1 is 1.38 bits per heavy atom. The zero-order valence-corrected chi connectivity index (χ0v) is 9.12. The second-order valence-corrected chi connectivity index (χ2v) is 3.98. The Hall–Kier alpha value is -0.410. The van der Waals surface area contributed by atoms with Crippen LogP contribution in [-0.2, 0) is 12.2 Å². The van der Waals surface area contributed by atoms with Gasteiger partial charge >= 0.3 is 0 Å². The van der Waals surface area contributed by atoms with Crippen LogP contribution in [0.1, 0.15) is 18.4 Å². The maximum Gasteiger partial charge on any atom is 0.114 e. The van der Waals surface area contributed by atoms with Gasteiger partial charge in [-0.25, -0.2) is 0 Å². The molecule has 3 heteroatoms. The number of aryl methyl sites for hydroxylation is 1. The molecular formula is C10H17NOS. The van der Waals surface area contributed by atoms with E-state index in [9.17, 15) is 0 Å². The summed E-state index contributed by atoms with van der Waals surface area (Å²) >= 11 is 1.90. The maximum atomic E-state index is 5.57. The van der Waals surface area contributed by atoms with Crippen molar-refractivity contribution >= 4 is 11.8 Å². The highest BCUT2D eigenvalue weighted by atomic mass is 32.2. The number of hydrogen-bond donors (Lipinski definition) is 1. The summed E-state index contributed by atoms with van der Waals surface area (Å²) in [5.74, 6) is 4.31. The second-order valence-electron chi connectivity index (χ2n) is 2.88. The number of rotatable bonds is 6. The van der Waals surface area contributed by atoms with Gasteiger partial charge < -0.3 is 9.73 Å². The average molecular weight is 199 g/mol. The summed E-state index contributed by atoms with van der Waals surface area (Å²) < 4.78 is 5.57. The predicted octanol–water partition coefficient (Wildman–Crippen LogP) is 2.29. The molecule has 13 heavy (non-hydrogen) atoms. The minimum Gasteiger partial charge on any atom is -0.465 e. The molecule has 1 aromatic rings. The molecule has 0 radical (unpaired) electrons. The molecule has 0 saturated carbocycles. The lowest BCUT2D eigenvalue weighted by Gasteiger charge is -1.97. The summed E-state index contributed by atoms with van der Waals surface area (Å²) in [4.78, 5) is 0. The van der Waals surface area contributed by atoms with Crippen molar-refractivity contribution in [1.82, 2.24) is 5.32 Å². The summed E-state index contributed by atoms with van der Waals surface area (Å²) in [7, 11) is 1.97. The number of nitrogens with one attached hydrogen (secondary N) is 1. The molecule has 0 aliphatic carbocycles. The van der Waals surface area contributed by atoms with E-state index in [4.69, 9.17) is 4.42 Å². The molecule has 0 fully saturated rings. The van der Waals surface area contributed by atoms with Crippen molar-refractivity contribution < 1.29 is 4.42 Å². The van der Waals surface area contributed by atoms with Gasteiger partial charge in [0, 0.05) is 18.7 Å². The lowest BCUT2D eigenvalue weighted by atomic mass is 10.4. The highest BCUT2D eigenvalue weighted by Gasteiger charge is 1.99. The van der Waals surface area contributed by atoms with Crippen LogP contribution >= 0.6 is 11.8 Å². The monoisotopic (exact) mass is 199 g/mol. The molecule has 0 unspecified atom stereocenters. The molecule has 0 aromatic carbocycles. The Balaban J connectivity index is 2.20. The first-order valence-corrected chi connectivity index (χ1v) is 5.82. The van der Waals surface area contributed by atoms with Gasteiger partial charge in [-0.15, -0.1) is 0 Å². The maximum absolute atomic E-state index is 5.57. The van der Waals surface area contributed by atoms with Crippen LogP contribution in [0.25, 0.3) is 0 Å². The van der Waals surface area contributed by atoms with Crippen LogP contribution < -0.4 is 5.32 Å². The molecule has 0 bridgehead atoms. The Labute approximate surface area is 84.1 Å². The highest BCUT2D eigenvalue weighted by Crippen LogP contribution is 2.15. The third kappa shape index (κ3) is 3.87. The van der Waals surface area contributed by atoms with Gasteiger partial charge in [0.15, 0.2) is 0 Å². The quantitative estimate of drug-likeness (QED) is 0.712. The SMILES string of the molecule is CCc1ccc(CSCCNC)o1. The van der Waals surface area contributed by atoms with Crippen LogP contribution in [0.3, 0.4) is 0 Å². The summed E-state index contributed by atoms with van der Waals surface area (Å²) in [6, 6.07) is 4.14. The number of thioether (sulfide) groups is 1. The van der Waals surface area contributed by atoms with Gasteiger partial charge in [-0.1, -0.05) is 6.92 Å². The normalized spacial score (nSPS) is 10.6. The highest BCUT2D eigenvalue weighted by molar-refractivity contribution is 7.98. The fourth-order valence-electron chi connectivity index (χ4n) is 1.04. The van der Waals surface area contributed by atoms with Gasteiger partial charge in [0.1, 0.15) is 11.5 Å². The van der Waals surface area contributed by atoms with Crippen LogP contribution in [0.15, 0.2) is 16.5 Å². The zero-order valence-electron chi connectivity index (χ0n) is 8.30. The fraction of sp³-hybridized carbons (Fsp3) is 0.600. The van der Waals surface area contributed by atoms with Gasteiger partial charge in [-0.2, -0.15) is 11.8 Å². The third-order valence-electron chi connectivity index (χ3n) is 1.81. The summed E-state index contributed by atoms with van der Waals surface area (Å²) in [6.07, 6.45) is 0.987. The molecule has 1 rings (SSSR count). The molecule has 0 aliphatic rings. The fourth-order valence-corrected chi connectivity index (χ4v) is 1.89. The second kappa shape index (κ2) is 6.11. The molecule has 1 N–H and O–H groups in total. The van der Waals surface area contributed by atoms with Gasteiger partial charge in [-0.05, 0) is 19.2 Å². The molecule has 0 aliphatic heterocycles. The molecular weight excluding hydrogens is 182 g/mol. The van der Waals surface area contributed by atoms with E-state index in [1.54, 1.807) is 0 Å². The first-order chi connectivity index (χ1) is 6.36. The summed E-state index contributed by atoms with van der Waals surface area (Å²) in [5, 5.41) is 3.12. The topological polar surface area (TPSA) is 25.2 Å². The van der Waals surface area contributed by atoms with E-state index >= 15 is 0 Å². The Morgan fingerprint density at radius 3 is 2.77 bits per heavy atom. The Kier molecular flexibility index (Phi) is 5.01. The van der Waals surface area contributed by atoms with Gasteiger partial charge in [0.2, 0.25) is 0 Å². The van der Waals surface area contributed by atoms with E-state index in [1.807, 2.05) is 18.8 Å². The van der Waals surface area contributed by atoms with Crippen LogP contribution in [0, 0.1) is 0 Å². The van der Waals surface area contributed by atoms with Crippen molar-refractivity contribution in [3.05, 3.63) is 23.7 Å². The predicted molar refractivity (Wildman–Crippen MR) is 58.2 cm³/mol. The standard InChI is InChI=1S/C10H17NOS/c1-3-9-4-5-10(12-9)8-13-7-6-11-2/h4-5,11H,3,6-8H2,1-2H3. The minimum absolute atomic E-state index is 0.987. The van der Waals surface area contributed by atoms with Gasteiger partial charge in [0.05, 0.1) is 5.75 Å². The van der Waals surface area contributed by atoms with Crippen molar-refractivity contribution in [2.45, 2.75) is 19.1 Å². The van der Waals surface area contributed by atoms with E-state index in [2.05, 4.69) is 24.4 Å². The molecule has 0 amide bonds. The van der Waals surface area contributed by atoms with E-state index in [0.29, 0.717) is 0 Å². The van der Waals surface area contributed by atoms with Crippen molar-refractivity contribution in [1.29, 1.82) is 0 Å². The summed E-state index contributed by atoms with van der Waals surface area (Å²) in [5.41, 5.74) is 0. The van der Waals surface area contributed by atoms with Crippen LogP contribution in [0.4, 0.5) is 0 Å². The smallest absolute Gasteiger partial charge is 0.114 e. The first-order valence-electron chi connectivity index (χ1n) is 4.66. The van der Waals surface area contributed by atoms with E-state index < -0.39 is 0 Å². The van der Waals surface area contributed by atoms with Gasteiger partial charge in [0.25, 0.3) is 0 Å². The van der Waals surface area contributed by atoms with E-state index in [0.717, 1.165) is 36.0 Å². The molecule has 0 saturated heterocycles. The molecule has 1 aromatic heterocycles. The Bertz CT molecular complexity index is 235. The molecule has 1 heterocycles. The molecule has 0 atom stereocenters. The molecule has 2 nitrogen and oxygen atoms in total. The lowest BCUT2D eigenvalue weighted by Crippen LogP contribution is -2.09. The summed E-state index contributed by atoms with van der Waals surface area (Å²) in [6.45, 7) is 3.17. The third-order valence-corrected chi connectivity index (χ3v) is 2.79. The number of hydrogen-bond acceptors (Lipinski definition) is 3. The van der Waals surface area contributed by atoms with E-state index in [1.165, 1.54) is 0 Å². The van der Waals surface area contributed by atoms with Crippen molar-refractivity contribution in [3.63, 3.8) is 0 Å². The molecule has 74 valence electrons. The average Bonchev–Trinajstić information content (AvgIpc) is 2.60. The van der Waals surface area contributed by atoms with Crippen molar-refractivity contribution in [2.24, 2.45) is 0 Å². The van der Waals surface area contributed by atoms with Crippen LogP contribution in [0.5, 0.6) is 0 Å². The number of furan rings is 1. The van der Waals surface area contributed by atoms with Crippen LogP contribution in [-0.4, -0.2) is 19.3 Å². The van der Waals surface area contributed by atoms with Crippen molar-refractivity contribution in [3.8, 4) is 0 Å².